The summed E-state index contributed by atoms with van der Waals surface area (Å²) < 4.78 is 22.1. The van der Waals surface area contributed by atoms with Gasteiger partial charge in [0.2, 0.25) is 0 Å². The number of anilines is 1. The van der Waals surface area contributed by atoms with E-state index in [0.717, 1.165) is 31.6 Å². The first-order valence-electron chi connectivity index (χ1n) is 16.7. The van der Waals surface area contributed by atoms with Crippen molar-refractivity contribution in [1.29, 1.82) is 0 Å². The smallest absolute Gasteiger partial charge is 0.410 e. The Kier molecular flexibility index (Phi) is 13.7. The van der Waals surface area contributed by atoms with Crippen molar-refractivity contribution in [3.8, 4) is 0 Å². The summed E-state index contributed by atoms with van der Waals surface area (Å²) in [6.45, 7) is 12.9. The van der Waals surface area contributed by atoms with Crippen LogP contribution in [0.25, 0.3) is 0 Å². The van der Waals surface area contributed by atoms with Gasteiger partial charge in [-0.15, -0.1) is 0 Å². The molecule has 48 heavy (non-hydrogen) atoms. The SMILES string of the molecule is CC(C)CC(C(=O)OC(C)C(=O)O)N(C)C(=O)C(Cc1ccc(N2CCOCC2)cc1)OC(=O)C(CC1CC1)N(C)C(=O)OC(C)(C)C. The number of amides is 2. The summed E-state index contributed by atoms with van der Waals surface area (Å²) in [5.74, 6) is -3.42. The molecule has 3 rings (SSSR count). The summed E-state index contributed by atoms with van der Waals surface area (Å²) in [5.41, 5.74) is 0.926. The van der Waals surface area contributed by atoms with Crippen LogP contribution in [0, 0.1) is 11.8 Å². The van der Waals surface area contributed by atoms with Crippen molar-refractivity contribution in [2.75, 3.05) is 45.3 Å². The third kappa shape index (κ3) is 11.7. The minimum absolute atomic E-state index is 0.000417. The standard InChI is InChI=1S/C35H53N3O10/c1-22(2)19-27(32(42)46-23(3)31(40)41)36(7)30(39)29(21-25-11-13-26(14-12-25)38-15-17-45-18-16-38)47-33(43)28(20-24-9-10-24)37(8)34(44)48-35(4,5)6/h11-14,22-24,27-29H,9-10,15-21H2,1-8H3,(H,40,41). The summed E-state index contributed by atoms with van der Waals surface area (Å²) in [7, 11) is 2.90. The Labute approximate surface area is 283 Å². The average molecular weight is 676 g/mol. The topological polar surface area (TPSA) is 152 Å². The fourth-order valence-corrected chi connectivity index (χ4v) is 5.36. The van der Waals surface area contributed by atoms with Gasteiger partial charge in [0, 0.05) is 39.3 Å². The fourth-order valence-electron chi connectivity index (χ4n) is 5.36. The number of nitrogens with zero attached hydrogens (tertiary/aromatic N) is 3. The summed E-state index contributed by atoms with van der Waals surface area (Å²) >= 11 is 0. The van der Waals surface area contributed by atoms with E-state index in [1.54, 1.807) is 20.8 Å². The Hall–Kier alpha value is -3.87. The number of aliphatic carboxylic acids is 1. The molecule has 2 amide bonds. The van der Waals surface area contributed by atoms with Gasteiger partial charge in [0.1, 0.15) is 17.7 Å². The van der Waals surface area contributed by atoms with Crippen LogP contribution in [0.1, 0.15) is 72.8 Å². The van der Waals surface area contributed by atoms with E-state index in [1.807, 2.05) is 38.1 Å². The number of carboxylic acid groups (broad SMARTS) is 1. The first-order chi connectivity index (χ1) is 22.5. The fraction of sp³-hybridized carbons (Fsp3) is 0.686. The monoisotopic (exact) mass is 675 g/mol. The van der Waals surface area contributed by atoms with Gasteiger partial charge in [-0.2, -0.15) is 0 Å². The number of carbonyl (C=O) groups is 5. The zero-order valence-electron chi connectivity index (χ0n) is 29.6. The maximum Gasteiger partial charge on any atom is 0.410 e. The maximum absolute atomic E-state index is 14.2. The van der Waals surface area contributed by atoms with Crippen LogP contribution in [0.15, 0.2) is 24.3 Å². The van der Waals surface area contributed by atoms with Crippen molar-refractivity contribution in [2.24, 2.45) is 11.8 Å². The highest BCUT2D eigenvalue weighted by Gasteiger charge is 2.40. The van der Waals surface area contributed by atoms with E-state index in [2.05, 4.69) is 4.90 Å². The summed E-state index contributed by atoms with van der Waals surface area (Å²) in [6, 6.07) is 5.47. The molecule has 1 aliphatic carbocycles. The van der Waals surface area contributed by atoms with Gasteiger partial charge < -0.3 is 33.9 Å². The number of esters is 2. The van der Waals surface area contributed by atoms with Crippen LogP contribution in [0.4, 0.5) is 10.5 Å². The molecule has 1 heterocycles. The number of hydrogen-bond donors (Lipinski definition) is 1. The third-order valence-corrected chi connectivity index (χ3v) is 8.36. The van der Waals surface area contributed by atoms with Gasteiger partial charge >= 0.3 is 24.0 Å². The molecule has 1 saturated carbocycles. The number of carboxylic acids is 1. The molecule has 1 aromatic rings. The normalized spacial score (nSPS) is 17.5. The van der Waals surface area contributed by atoms with Crippen molar-refractivity contribution in [2.45, 2.75) is 104 Å². The van der Waals surface area contributed by atoms with E-state index in [0.29, 0.717) is 25.2 Å². The van der Waals surface area contributed by atoms with Gasteiger partial charge in [-0.05, 0) is 70.1 Å². The highest BCUT2D eigenvalue weighted by atomic mass is 16.6. The molecule has 1 aliphatic heterocycles. The molecule has 0 bridgehead atoms. The van der Waals surface area contributed by atoms with Crippen molar-refractivity contribution >= 4 is 35.6 Å². The molecule has 2 fully saturated rings. The van der Waals surface area contributed by atoms with Gasteiger partial charge in [0.05, 0.1) is 13.2 Å². The van der Waals surface area contributed by atoms with E-state index in [9.17, 15) is 29.1 Å². The molecular weight excluding hydrogens is 622 g/mol. The molecule has 0 aromatic heterocycles. The molecule has 2 aliphatic rings. The number of ether oxygens (including phenoxy) is 4. The Morgan fingerprint density at radius 2 is 1.50 bits per heavy atom. The quantitative estimate of drug-likeness (QED) is 0.213. The minimum Gasteiger partial charge on any atom is -0.479 e. The minimum atomic E-state index is -1.42. The lowest BCUT2D eigenvalue weighted by molar-refractivity contribution is -0.172. The first kappa shape index (κ1) is 38.6. The van der Waals surface area contributed by atoms with Crippen LogP contribution in [-0.4, -0.2) is 115 Å². The highest BCUT2D eigenvalue weighted by molar-refractivity contribution is 5.90. The molecule has 1 aromatic carbocycles. The van der Waals surface area contributed by atoms with Crippen LogP contribution < -0.4 is 4.90 Å². The largest absolute Gasteiger partial charge is 0.479 e. The lowest BCUT2D eigenvalue weighted by Gasteiger charge is -2.33. The molecule has 1 N–H and O–H groups in total. The Morgan fingerprint density at radius 3 is 2.02 bits per heavy atom. The lowest BCUT2D eigenvalue weighted by Crippen LogP contribution is -2.52. The molecular formula is C35H53N3O10. The molecule has 0 radical (unpaired) electrons. The number of hydrogen-bond acceptors (Lipinski definition) is 10. The van der Waals surface area contributed by atoms with E-state index in [1.165, 1.54) is 30.8 Å². The van der Waals surface area contributed by atoms with Gasteiger partial charge in [-0.25, -0.2) is 19.2 Å². The molecule has 268 valence electrons. The van der Waals surface area contributed by atoms with Gasteiger partial charge in [-0.1, -0.05) is 38.8 Å². The lowest BCUT2D eigenvalue weighted by atomic mass is 10.0. The molecule has 13 nitrogen and oxygen atoms in total. The third-order valence-electron chi connectivity index (χ3n) is 8.36. The van der Waals surface area contributed by atoms with Crippen LogP contribution in [0.2, 0.25) is 0 Å². The summed E-state index contributed by atoms with van der Waals surface area (Å²) in [6.07, 6.45) is -1.08. The second kappa shape index (κ2) is 17.0. The number of likely N-dealkylation sites (N-methyl/N-ethyl adjacent to an activating group) is 2. The number of rotatable bonds is 15. The predicted molar refractivity (Wildman–Crippen MR) is 177 cm³/mol. The van der Waals surface area contributed by atoms with Crippen LogP contribution in [-0.2, 0) is 44.5 Å². The second-order valence-corrected chi connectivity index (χ2v) is 14.2. The average Bonchev–Trinajstić information content (AvgIpc) is 3.85. The zero-order valence-corrected chi connectivity index (χ0v) is 29.6. The van der Waals surface area contributed by atoms with Crippen molar-refractivity contribution in [1.82, 2.24) is 9.80 Å². The number of benzene rings is 1. The molecule has 13 heteroatoms. The zero-order chi connectivity index (χ0) is 35.8. The van der Waals surface area contributed by atoms with E-state index >= 15 is 0 Å². The van der Waals surface area contributed by atoms with Gasteiger partial charge in [0.25, 0.3) is 5.91 Å². The number of carbonyl (C=O) groups excluding carboxylic acids is 4. The highest BCUT2D eigenvalue weighted by Crippen LogP contribution is 2.35. The van der Waals surface area contributed by atoms with Crippen LogP contribution in [0.3, 0.4) is 0 Å². The van der Waals surface area contributed by atoms with Crippen molar-refractivity contribution < 1.29 is 48.0 Å². The van der Waals surface area contributed by atoms with Crippen molar-refractivity contribution in [3.63, 3.8) is 0 Å². The maximum atomic E-state index is 14.2. The Morgan fingerprint density at radius 1 is 0.917 bits per heavy atom. The Balaban J connectivity index is 1.91. The van der Waals surface area contributed by atoms with E-state index < -0.39 is 59.8 Å². The second-order valence-electron chi connectivity index (χ2n) is 14.2. The van der Waals surface area contributed by atoms with Gasteiger partial charge in [-0.3, -0.25) is 9.69 Å². The van der Waals surface area contributed by atoms with Crippen LogP contribution in [0.5, 0.6) is 0 Å². The number of morpholine rings is 1. The Bertz CT molecular complexity index is 1270. The predicted octanol–water partition coefficient (Wildman–Crippen LogP) is 3.90. The van der Waals surface area contributed by atoms with E-state index in [4.69, 9.17) is 18.9 Å². The summed E-state index contributed by atoms with van der Waals surface area (Å²) in [4.78, 5) is 70.3. The molecule has 1 saturated heterocycles. The van der Waals surface area contributed by atoms with E-state index in [-0.39, 0.29) is 24.7 Å². The van der Waals surface area contributed by atoms with Gasteiger partial charge in [0.15, 0.2) is 12.2 Å². The molecule has 4 atom stereocenters. The first-order valence-corrected chi connectivity index (χ1v) is 16.7. The van der Waals surface area contributed by atoms with Crippen molar-refractivity contribution in [3.05, 3.63) is 29.8 Å². The summed E-state index contributed by atoms with van der Waals surface area (Å²) in [5, 5.41) is 9.30. The molecule has 0 spiro atoms. The molecule has 4 unspecified atom stereocenters. The van der Waals surface area contributed by atoms with Crippen LogP contribution >= 0.6 is 0 Å².